The second kappa shape index (κ2) is 5.11. The molecule has 1 unspecified atom stereocenters. The molecular weight excluding hydrogens is 251 g/mol. The predicted molar refractivity (Wildman–Crippen MR) is 68.4 cm³/mol. The number of aromatic nitrogens is 1. The van der Waals surface area contributed by atoms with E-state index in [4.69, 9.17) is 5.11 Å². The number of aromatic amines is 1. The van der Waals surface area contributed by atoms with E-state index in [9.17, 15) is 14.3 Å². The number of aliphatic hydroxyl groups is 1. The molecule has 1 aromatic heterocycles. The summed E-state index contributed by atoms with van der Waals surface area (Å²) in [6.45, 7) is 1.72. The number of aliphatic hydroxyl groups excluding tert-OH is 1. The lowest BCUT2D eigenvalue weighted by molar-refractivity contribution is 0.206. The van der Waals surface area contributed by atoms with Crippen LogP contribution in [0.1, 0.15) is 17.5 Å². The highest BCUT2D eigenvalue weighted by Crippen LogP contribution is 2.21. The molecule has 0 aliphatic heterocycles. The fourth-order valence-electron chi connectivity index (χ4n) is 1.63. The minimum atomic E-state index is -1.27. The third-order valence-electron chi connectivity index (χ3n) is 2.63. The second-order valence-corrected chi connectivity index (χ2v) is 4.14. The van der Waals surface area contributed by atoms with E-state index >= 15 is 0 Å². The van der Waals surface area contributed by atoms with Gasteiger partial charge in [-0.1, -0.05) is 0 Å². The molecule has 2 rings (SSSR count). The van der Waals surface area contributed by atoms with Crippen LogP contribution in [-0.4, -0.2) is 15.2 Å². The van der Waals surface area contributed by atoms with Crippen LogP contribution in [0.2, 0.25) is 0 Å². The Labute approximate surface area is 108 Å². The number of pyridine rings is 1. The Kier molecular flexibility index (Phi) is 3.52. The van der Waals surface area contributed by atoms with Gasteiger partial charge in [0.1, 0.15) is 0 Å². The monoisotopic (exact) mass is 264 g/mol. The fourth-order valence-corrected chi connectivity index (χ4v) is 1.63. The van der Waals surface area contributed by atoms with Gasteiger partial charge in [-0.3, -0.25) is 4.79 Å². The first-order chi connectivity index (χ1) is 8.97. The van der Waals surface area contributed by atoms with Crippen molar-refractivity contribution in [3.63, 3.8) is 0 Å². The van der Waals surface area contributed by atoms with E-state index < -0.39 is 23.4 Å². The number of H-pyrrole nitrogens is 1. The summed E-state index contributed by atoms with van der Waals surface area (Å²) in [6, 6.07) is 6.72. The summed E-state index contributed by atoms with van der Waals surface area (Å²) in [5.74, 6) is -1.29. The van der Waals surface area contributed by atoms with Crippen LogP contribution < -0.4 is 10.9 Å². The molecule has 1 heterocycles. The smallest absolute Gasteiger partial charge is 0.255 e. The highest BCUT2D eigenvalue weighted by atomic mass is 19.1. The van der Waals surface area contributed by atoms with Gasteiger partial charge in [-0.05, 0) is 31.2 Å². The van der Waals surface area contributed by atoms with Crippen molar-refractivity contribution in [2.24, 2.45) is 0 Å². The molecule has 100 valence electrons. The molecule has 0 spiro atoms. The molecule has 0 amide bonds. The Balaban J connectivity index is 2.23. The largest absolute Gasteiger partial charge is 0.505 e. The number of phenolic OH excluding ortho intramolecular Hbond substituents is 1. The molecule has 1 aromatic carbocycles. The van der Waals surface area contributed by atoms with Crippen LogP contribution in [0.5, 0.6) is 5.75 Å². The predicted octanol–water partition coefficient (Wildman–Crippen LogP) is 1.63. The van der Waals surface area contributed by atoms with E-state index in [2.05, 4.69) is 10.3 Å². The highest BCUT2D eigenvalue weighted by molar-refractivity contribution is 5.48. The van der Waals surface area contributed by atoms with Gasteiger partial charge in [-0.15, -0.1) is 0 Å². The summed E-state index contributed by atoms with van der Waals surface area (Å²) in [5.41, 5.74) is 0.637. The standard InChI is InChI=1S/C13H13FN2O3/c1-7-2-4-9(12(18)15-7)13(19)16-8-3-5-11(17)10(14)6-8/h2-6,13,16-17,19H,1H3,(H,15,18). The maximum Gasteiger partial charge on any atom is 0.255 e. The summed E-state index contributed by atoms with van der Waals surface area (Å²) in [5, 5.41) is 21.5. The summed E-state index contributed by atoms with van der Waals surface area (Å²) in [4.78, 5) is 14.2. The summed E-state index contributed by atoms with van der Waals surface area (Å²) in [7, 11) is 0. The van der Waals surface area contributed by atoms with E-state index in [1.165, 1.54) is 12.1 Å². The van der Waals surface area contributed by atoms with Gasteiger partial charge in [0.05, 0.1) is 5.56 Å². The van der Waals surface area contributed by atoms with Gasteiger partial charge in [0.2, 0.25) is 0 Å². The summed E-state index contributed by atoms with van der Waals surface area (Å²) in [6.07, 6.45) is -1.27. The Morgan fingerprint density at radius 2 is 2.05 bits per heavy atom. The van der Waals surface area contributed by atoms with Crippen LogP contribution >= 0.6 is 0 Å². The number of hydrogen-bond donors (Lipinski definition) is 4. The van der Waals surface area contributed by atoms with Gasteiger partial charge >= 0.3 is 0 Å². The van der Waals surface area contributed by atoms with Gasteiger partial charge < -0.3 is 20.5 Å². The molecule has 1 atom stereocenters. The number of rotatable bonds is 3. The van der Waals surface area contributed by atoms with Crippen molar-refractivity contribution >= 4 is 5.69 Å². The first kappa shape index (κ1) is 13.1. The Morgan fingerprint density at radius 3 is 2.68 bits per heavy atom. The van der Waals surface area contributed by atoms with Crippen molar-refractivity contribution in [1.82, 2.24) is 4.98 Å². The molecule has 19 heavy (non-hydrogen) atoms. The second-order valence-electron chi connectivity index (χ2n) is 4.14. The number of benzene rings is 1. The van der Waals surface area contributed by atoms with Crippen LogP contribution in [0, 0.1) is 12.7 Å². The maximum absolute atomic E-state index is 13.1. The maximum atomic E-state index is 13.1. The number of phenols is 1. The average Bonchev–Trinajstić information content (AvgIpc) is 2.33. The zero-order chi connectivity index (χ0) is 14.0. The van der Waals surface area contributed by atoms with Crippen LogP contribution in [0.4, 0.5) is 10.1 Å². The summed E-state index contributed by atoms with van der Waals surface area (Å²) < 4.78 is 13.1. The average molecular weight is 264 g/mol. The van der Waals surface area contributed by atoms with Crippen molar-refractivity contribution in [2.75, 3.05) is 5.32 Å². The van der Waals surface area contributed by atoms with E-state index in [1.54, 1.807) is 13.0 Å². The van der Waals surface area contributed by atoms with Crippen LogP contribution in [0.15, 0.2) is 35.1 Å². The lowest BCUT2D eigenvalue weighted by Crippen LogP contribution is -2.21. The minimum Gasteiger partial charge on any atom is -0.505 e. The number of aryl methyl sites for hydroxylation is 1. The first-order valence-corrected chi connectivity index (χ1v) is 5.60. The van der Waals surface area contributed by atoms with Crippen molar-refractivity contribution < 1.29 is 14.6 Å². The van der Waals surface area contributed by atoms with Gasteiger partial charge in [-0.2, -0.15) is 0 Å². The Hall–Kier alpha value is -2.34. The number of hydrogen-bond acceptors (Lipinski definition) is 4. The molecule has 0 aliphatic rings. The molecule has 5 nitrogen and oxygen atoms in total. The molecule has 4 N–H and O–H groups in total. The molecule has 6 heteroatoms. The fraction of sp³-hybridized carbons (Fsp3) is 0.154. The van der Waals surface area contributed by atoms with Gasteiger partial charge in [0.15, 0.2) is 17.8 Å². The molecule has 0 bridgehead atoms. The van der Waals surface area contributed by atoms with E-state index in [0.29, 0.717) is 5.69 Å². The SMILES string of the molecule is Cc1ccc(C(O)Nc2ccc(O)c(F)c2)c(=O)[nH]1. The number of anilines is 1. The zero-order valence-corrected chi connectivity index (χ0v) is 10.1. The molecule has 0 aliphatic carbocycles. The number of nitrogens with one attached hydrogen (secondary N) is 2. The van der Waals surface area contributed by atoms with E-state index in [-0.39, 0.29) is 11.3 Å². The van der Waals surface area contributed by atoms with Crippen molar-refractivity contribution in [2.45, 2.75) is 13.2 Å². The van der Waals surface area contributed by atoms with Gasteiger partial charge in [0, 0.05) is 17.4 Å². The van der Waals surface area contributed by atoms with E-state index in [1.807, 2.05) is 0 Å². The van der Waals surface area contributed by atoms with Crippen molar-refractivity contribution in [3.05, 3.63) is 57.8 Å². The first-order valence-electron chi connectivity index (χ1n) is 5.60. The lowest BCUT2D eigenvalue weighted by atomic mass is 10.2. The third-order valence-corrected chi connectivity index (χ3v) is 2.63. The molecule has 0 radical (unpaired) electrons. The Morgan fingerprint density at radius 1 is 1.32 bits per heavy atom. The number of halogens is 1. The molecule has 0 saturated carbocycles. The minimum absolute atomic E-state index is 0.124. The molecular formula is C13H13FN2O3. The molecule has 2 aromatic rings. The van der Waals surface area contributed by atoms with Crippen LogP contribution in [-0.2, 0) is 0 Å². The highest BCUT2D eigenvalue weighted by Gasteiger charge is 2.12. The van der Waals surface area contributed by atoms with Crippen molar-refractivity contribution in [1.29, 1.82) is 0 Å². The van der Waals surface area contributed by atoms with Crippen LogP contribution in [0.3, 0.4) is 0 Å². The normalized spacial score (nSPS) is 12.2. The van der Waals surface area contributed by atoms with Crippen molar-refractivity contribution in [3.8, 4) is 5.75 Å². The quantitative estimate of drug-likeness (QED) is 0.501. The zero-order valence-electron chi connectivity index (χ0n) is 10.1. The van der Waals surface area contributed by atoms with Gasteiger partial charge in [0.25, 0.3) is 5.56 Å². The van der Waals surface area contributed by atoms with E-state index in [0.717, 1.165) is 12.1 Å². The topological polar surface area (TPSA) is 85.3 Å². The molecule has 0 fully saturated rings. The summed E-state index contributed by atoms with van der Waals surface area (Å²) >= 11 is 0. The number of aromatic hydroxyl groups is 1. The molecule has 0 saturated heterocycles. The van der Waals surface area contributed by atoms with Crippen LogP contribution in [0.25, 0.3) is 0 Å². The lowest BCUT2D eigenvalue weighted by Gasteiger charge is -2.14. The van der Waals surface area contributed by atoms with Gasteiger partial charge in [-0.25, -0.2) is 4.39 Å². The Bertz CT molecular complexity index is 655. The third kappa shape index (κ3) is 2.92.